The molecule has 2 amide bonds. The minimum Gasteiger partial charge on any atom is -0.497 e. The molecule has 2 fully saturated rings. The highest BCUT2D eigenvalue weighted by Gasteiger charge is 2.36. The van der Waals surface area contributed by atoms with Crippen LogP contribution < -0.4 is 10.1 Å². The van der Waals surface area contributed by atoms with Crippen LogP contribution in [0.3, 0.4) is 0 Å². The number of amides is 2. The van der Waals surface area contributed by atoms with Gasteiger partial charge in [0, 0.05) is 43.2 Å². The van der Waals surface area contributed by atoms with Crippen molar-refractivity contribution >= 4 is 33.2 Å². The zero-order chi connectivity index (χ0) is 23.4. The average Bonchev–Trinajstić information content (AvgIpc) is 3.39. The Labute approximate surface area is 198 Å². The van der Waals surface area contributed by atoms with Gasteiger partial charge in [0.15, 0.2) is 0 Å². The van der Waals surface area contributed by atoms with Gasteiger partial charge in [-0.25, -0.2) is 8.42 Å². The topological polar surface area (TPSA) is 96.0 Å². The molecule has 0 radical (unpaired) electrons. The van der Waals surface area contributed by atoms with E-state index >= 15 is 0 Å². The largest absolute Gasteiger partial charge is 0.497 e. The molecule has 2 aliphatic heterocycles. The monoisotopic (exact) mass is 491 g/mol. The molecule has 4 rings (SSSR count). The highest BCUT2D eigenvalue weighted by atomic mass is 32.2. The quantitative estimate of drug-likeness (QED) is 0.670. The van der Waals surface area contributed by atoms with Gasteiger partial charge in [0.25, 0.3) is 5.91 Å². The molecule has 1 atom stereocenters. The molecule has 0 saturated carbocycles. The van der Waals surface area contributed by atoms with Gasteiger partial charge < -0.3 is 15.0 Å². The molecule has 2 aliphatic rings. The minimum absolute atomic E-state index is 0.00671. The van der Waals surface area contributed by atoms with Crippen LogP contribution in [0.4, 0.5) is 0 Å². The molecule has 0 spiro atoms. The first-order valence-electron chi connectivity index (χ1n) is 11.1. The Morgan fingerprint density at radius 2 is 1.79 bits per heavy atom. The third-order valence-corrected chi connectivity index (χ3v) is 8.92. The van der Waals surface area contributed by atoms with Crippen molar-refractivity contribution in [2.75, 3.05) is 33.3 Å². The lowest BCUT2D eigenvalue weighted by Crippen LogP contribution is -2.51. The van der Waals surface area contributed by atoms with Crippen molar-refractivity contribution in [2.24, 2.45) is 5.92 Å². The second kappa shape index (κ2) is 10.2. The van der Waals surface area contributed by atoms with Crippen LogP contribution in [-0.2, 0) is 14.8 Å². The molecule has 33 heavy (non-hydrogen) atoms. The fraction of sp³-hybridized carbons (Fsp3) is 0.478. The number of rotatable bonds is 6. The number of thiophene rings is 1. The summed E-state index contributed by atoms with van der Waals surface area (Å²) < 4.78 is 32.7. The predicted molar refractivity (Wildman–Crippen MR) is 126 cm³/mol. The minimum atomic E-state index is -3.67. The van der Waals surface area contributed by atoms with Crippen LogP contribution in [0, 0.1) is 5.92 Å². The summed E-state index contributed by atoms with van der Waals surface area (Å²) in [7, 11) is -2.14. The Kier molecular flexibility index (Phi) is 7.35. The van der Waals surface area contributed by atoms with E-state index in [1.54, 1.807) is 18.2 Å². The van der Waals surface area contributed by atoms with Crippen molar-refractivity contribution in [2.45, 2.75) is 36.6 Å². The molecular formula is C23H29N3O5S2. The number of carbonyl (C=O) groups excluding carboxylic acids is 2. The van der Waals surface area contributed by atoms with Crippen LogP contribution in [0.2, 0.25) is 0 Å². The summed E-state index contributed by atoms with van der Waals surface area (Å²) in [5.74, 6) is 0.180. The van der Waals surface area contributed by atoms with E-state index in [2.05, 4.69) is 5.32 Å². The molecule has 10 heteroatoms. The lowest BCUT2D eigenvalue weighted by atomic mass is 9.96. The molecule has 8 nitrogen and oxygen atoms in total. The van der Waals surface area contributed by atoms with Crippen molar-refractivity contribution < 1.29 is 22.7 Å². The van der Waals surface area contributed by atoms with Crippen LogP contribution in [0.5, 0.6) is 5.75 Å². The van der Waals surface area contributed by atoms with Crippen molar-refractivity contribution in [3.63, 3.8) is 0 Å². The maximum Gasteiger partial charge on any atom is 0.252 e. The fourth-order valence-corrected chi connectivity index (χ4v) is 6.58. The molecular weight excluding hydrogens is 462 g/mol. The maximum absolute atomic E-state index is 13.2. The fourth-order valence-electron chi connectivity index (χ4n) is 4.42. The number of piperidine rings is 2. The average molecular weight is 492 g/mol. The Bertz CT molecular complexity index is 1060. The summed E-state index contributed by atoms with van der Waals surface area (Å²) in [6.07, 6.45) is 2.73. The maximum atomic E-state index is 13.2. The predicted octanol–water partition coefficient (Wildman–Crippen LogP) is 2.58. The Balaban J connectivity index is 1.32. The first-order valence-corrected chi connectivity index (χ1v) is 13.5. The molecule has 1 unspecified atom stereocenters. The van der Waals surface area contributed by atoms with Crippen LogP contribution in [0.25, 0.3) is 0 Å². The van der Waals surface area contributed by atoms with E-state index in [-0.39, 0.29) is 35.2 Å². The summed E-state index contributed by atoms with van der Waals surface area (Å²) in [4.78, 5) is 27.5. The third kappa shape index (κ3) is 5.39. The number of ether oxygens (including phenoxy) is 1. The molecule has 0 bridgehead atoms. The van der Waals surface area contributed by atoms with E-state index in [0.29, 0.717) is 56.6 Å². The second-order valence-electron chi connectivity index (χ2n) is 8.46. The van der Waals surface area contributed by atoms with Gasteiger partial charge in [0.2, 0.25) is 15.9 Å². The smallest absolute Gasteiger partial charge is 0.252 e. The van der Waals surface area contributed by atoms with Gasteiger partial charge in [-0.05, 0) is 61.4 Å². The number of nitrogens with zero attached hydrogens (tertiary/aromatic N) is 2. The summed E-state index contributed by atoms with van der Waals surface area (Å²) in [6, 6.07) is 8.17. The van der Waals surface area contributed by atoms with E-state index in [1.165, 1.54) is 34.9 Å². The lowest BCUT2D eigenvalue weighted by molar-refractivity contribution is -0.137. The molecule has 0 aliphatic carbocycles. The number of benzene rings is 1. The highest BCUT2D eigenvalue weighted by molar-refractivity contribution is 7.89. The van der Waals surface area contributed by atoms with Crippen molar-refractivity contribution in [3.05, 3.63) is 46.7 Å². The van der Waals surface area contributed by atoms with Gasteiger partial charge in [-0.2, -0.15) is 15.6 Å². The molecule has 178 valence electrons. The molecule has 2 aromatic rings. The first-order chi connectivity index (χ1) is 15.9. The molecule has 1 aromatic heterocycles. The van der Waals surface area contributed by atoms with Gasteiger partial charge in [0.05, 0.1) is 17.9 Å². The third-order valence-electron chi connectivity index (χ3n) is 6.36. The number of methoxy groups -OCH3 is 1. The van der Waals surface area contributed by atoms with Crippen LogP contribution in [0.15, 0.2) is 46.0 Å². The van der Waals surface area contributed by atoms with E-state index < -0.39 is 10.0 Å². The van der Waals surface area contributed by atoms with Gasteiger partial charge in [0.1, 0.15) is 5.75 Å². The zero-order valence-corrected chi connectivity index (χ0v) is 20.2. The SMILES string of the molecule is COc1ccc(S(=O)(=O)N2CCCC(C(=O)N3CCC(NC(=O)c4ccsc4)CC3)C2)cc1. The van der Waals surface area contributed by atoms with E-state index in [0.717, 1.165) is 0 Å². The summed E-state index contributed by atoms with van der Waals surface area (Å²) in [5.41, 5.74) is 0.666. The molecule has 1 aromatic carbocycles. The number of nitrogens with one attached hydrogen (secondary N) is 1. The van der Waals surface area contributed by atoms with Crippen LogP contribution in [-0.4, -0.2) is 68.8 Å². The molecule has 3 heterocycles. The van der Waals surface area contributed by atoms with Gasteiger partial charge in [-0.1, -0.05) is 0 Å². The van der Waals surface area contributed by atoms with Gasteiger partial charge in [-0.3, -0.25) is 9.59 Å². The second-order valence-corrected chi connectivity index (χ2v) is 11.2. The Hall–Kier alpha value is -2.43. The van der Waals surface area contributed by atoms with Gasteiger partial charge in [-0.15, -0.1) is 0 Å². The van der Waals surface area contributed by atoms with E-state index in [4.69, 9.17) is 4.74 Å². The Morgan fingerprint density at radius 3 is 2.42 bits per heavy atom. The summed E-state index contributed by atoms with van der Waals surface area (Å²) >= 11 is 1.49. The zero-order valence-electron chi connectivity index (χ0n) is 18.6. The number of likely N-dealkylation sites (tertiary alicyclic amines) is 1. The van der Waals surface area contributed by atoms with E-state index in [1.807, 2.05) is 15.7 Å². The summed E-state index contributed by atoms with van der Waals surface area (Å²) in [6.45, 7) is 1.74. The standard InChI is InChI=1S/C23H29N3O5S2/c1-31-20-4-6-21(7-5-20)33(29,30)26-11-2-3-17(15-26)23(28)25-12-8-19(9-13-25)24-22(27)18-10-14-32-16-18/h4-7,10,14,16-17,19H,2-3,8-9,11-13,15H2,1H3,(H,24,27). The van der Waals surface area contributed by atoms with Crippen LogP contribution >= 0.6 is 11.3 Å². The number of carbonyl (C=O) groups is 2. The van der Waals surface area contributed by atoms with Crippen molar-refractivity contribution in [3.8, 4) is 5.75 Å². The van der Waals surface area contributed by atoms with Gasteiger partial charge >= 0.3 is 0 Å². The lowest BCUT2D eigenvalue weighted by Gasteiger charge is -2.37. The number of hydrogen-bond donors (Lipinski definition) is 1. The first kappa shape index (κ1) is 23.7. The highest BCUT2D eigenvalue weighted by Crippen LogP contribution is 2.27. The van der Waals surface area contributed by atoms with E-state index in [9.17, 15) is 18.0 Å². The normalized spacial score (nSPS) is 20.4. The molecule has 1 N–H and O–H groups in total. The number of hydrogen-bond acceptors (Lipinski definition) is 6. The van der Waals surface area contributed by atoms with Crippen molar-refractivity contribution in [1.29, 1.82) is 0 Å². The number of sulfonamides is 1. The van der Waals surface area contributed by atoms with Crippen molar-refractivity contribution in [1.82, 2.24) is 14.5 Å². The molecule has 2 saturated heterocycles. The Morgan fingerprint density at radius 1 is 1.06 bits per heavy atom. The van der Waals surface area contributed by atoms with Crippen LogP contribution in [0.1, 0.15) is 36.0 Å². The summed E-state index contributed by atoms with van der Waals surface area (Å²) in [5, 5.41) is 6.74.